The third-order valence-corrected chi connectivity index (χ3v) is 21.9. The molecule has 0 atom stereocenters. The van der Waals surface area contributed by atoms with Crippen molar-refractivity contribution in [2.24, 2.45) is 0 Å². The number of unbranched alkanes of at least 4 members (excludes halogenated alkanes) is 3. The Balaban J connectivity index is 1.06. The molecular weight excluding hydrogens is 651 g/mol. The second kappa shape index (κ2) is 16.8. The molecule has 0 bridgehead atoms. The molecule has 0 radical (unpaired) electrons. The first-order valence-corrected chi connectivity index (χ1v) is 23.3. The molecule has 0 amide bonds. The van der Waals surface area contributed by atoms with Crippen molar-refractivity contribution < 1.29 is 35.1 Å². The predicted octanol–water partition coefficient (Wildman–Crippen LogP) is 8.73. The van der Waals surface area contributed by atoms with Crippen LogP contribution < -0.4 is 0 Å². The van der Waals surface area contributed by atoms with Gasteiger partial charge in [-0.1, -0.05) is 91.0 Å². The molecule has 0 spiro atoms. The standard InChI is InChI=1S/3C10H15O3P.2Al/c3*11-14(12,13)9-5-4-8-10-6-2-1-3-7-10;;/h3*1-3,6-7H,4-5,8-9H2,(H2,11,12,13);;/q;;;2*+3/p-6. The monoisotopic (exact) mass is 690 g/mol. The van der Waals surface area contributed by atoms with Gasteiger partial charge in [0.2, 0.25) is 0 Å². The summed E-state index contributed by atoms with van der Waals surface area (Å²) in [5.41, 5.74) is 3.64. The molecule has 0 aliphatic carbocycles. The summed E-state index contributed by atoms with van der Waals surface area (Å²) in [6, 6.07) is 30.3. The van der Waals surface area contributed by atoms with E-state index in [0.717, 1.165) is 38.5 Å². The smallest absolute Gasteiger partial charge is 0.386 e. The molecule has 9 nitrogen and oxygen atoms in total. The zero-order valence-electron chi connectivity index (χ0n) is 24.8. The summed E-state index contributed by atoms with van der Waals surface area (Å²) in [6.07, 6.45) is 7.64. The summed E-state index contributed by atoms with van der Waals surface area (Å²) < 4.78 is 73.5. The van der Waals surface area contributed by atoms with E-state index in [4.69, 9.17) is 21.5 Å². The van der Waals surface area contributed by atoms with Gasteiger partial charge in [-0.15, -0.1) is 0 Å². The van der Waals surface area contributed by atoms with Gasteiger partial charge in [0, 0.05) is 18.5 Å². The van der Waals surface area contributed by atoms with Crippen LogP contribution in [0, 0.1) is 0 Å². The normalized spacial score (nSPS) is 17.2. The van der Waals surface area contributed by atoms with E-state index in [-0.39, 0.29) is 18.5 Å². The lowest BCUT2D eigenvalue weighted by Crippen LogP contribution is -2.38. The van der Waals surface area contributed by atoms with Gasteiger partial charge in [0.25, 0.3) is 22.8 Å². The van der Waals surface area contributed by atoms with Crippen LogP contribution in [0.5, 0.6) is 0 Å². The number of benzene rings is 3. The Hall–Kier alpha value is -0.825. The highest BCUT2D eigenvalue weighted by atomic mass is 31.2. The van der Waals surface area contributed by atoms with Crippen molar-refractivity contribution >= 4 is 53.1 Å². The second-order valence-corrected chi connectivity index (χ2v) is 22.3. The highest BCUT2D eigenvalue weighted by Gasteiger charge is 2.62. The lowest BCUT2D eigenvalue weighted by molar-refractivity contribution is 0.174. The fourth-order valence-electron chi connectivity index (χ4n) is 5.06. The van der Waals surface area contributed by atoms with Gasteiger partial charge in [-0.3, -0.25) is 13.7 Å². The molecule has 2 fully saturated rings. The third kappa shape index (κ3) is 11.2. The molecular formula is C30H39Al2O9P3. The van der Waals surface area contributed by atoms with Crippen molar-refractivity contribution in [3.05, 3.63) is 108 Å². The van der Waals surface area contributed by atoms with Gasteiger partial charge in [0.1, 0.15) is 0 Å². The molecule has 0 aromatic heterocycles. The topological polar surface area (TPSA) is 107 Å². The van der Waals surface area contributed by atoms with Gasteiger partial charge < -0.3 is 21.5 Å². The van der Waals surface area contributed by atoms with Crippen LogP contribution in [0.3, 0.4) is 0 Å². The van der Waals surface area contributed by atoms with E-state index in [0.29, 0.717) is 19.3 Å². The molecule has 2 aliphatic heterocycles. The Labute approximate surface area is 271 Å². The molecule has 2 saturated heterocycles. The summed E-state index contributed by atoms with van der Waals surface area (Å²) in [4.78, 5) is 0. The maximum Gasteiger partial charge on any atom is 0.926 e. The van der Waals surface area contributed by atoms with Crippen molar-refractivity contribution in [2.45, 2.75) is 57.8 Å². The van der Waals surface area contributed by atoms with Gasteiger partial charge in [0.15, 0.2) is 0 Å². The van der Waals surface area contributed by atoms with Gasteiger partial charge in [-0.25, -0.2) is 0 Å². The average Bonchev–Trinajstić information content (AvgIpc) is 3.00. The van der Waals surface area contributed by atoms with Gasteiger partial charge >= 0.3 is 30.3 Å². The molecule has 234 valence electrons. The summed E-state index contributed by atoms with van der Waals surface area (Å²) in [6.45, 7) is 0. The van der Waals surface area contributed by atoms with Gasteiger partial charge in [0.05, 0.1) is 0 Å². The first-order chi connectivity index (χ1) is 21.3. The van der Waals surface area contributed by atoms with Crippen LogP contribution in [0.15, 0.2) is 91.0 Å². The molecule has 2 aliphatic rings. The molecule has 3 aromatic carbocycles. The minimum Gasteiger partial charge on any atom is -0.386 e. The van der Waals surface area contributed by atoms with E-state index >= 15 is 0 Å². The van der Waals surface area contributed by atoms with E-state index < -0.39 is 53.1 Å². The number of hydrogen-bond acceptors (Lipinski definition) is 9. The van der Waals surface area contributed by atoms with Crippen molar-refractivity contribution in [2.75, 3.05) is 18.5 Å². The van der Waals surface area contributed by atoms with Crippen LogP contribution in [-0.4, -0.2) is 48.8 Å². The van der Waals surface area contributed by atoms with Gasteiger partial charge in [-0.2, -0.15) is 0 Å². The Morgan fingerprint density at radius 2 is 0.864 bits per heavy atom. The van der Waals surface area contributed by atoms with Gasteiger partial charge in [-0.05, 0) is 74.5 Å². The molecule has 5 rings (SSSR count). The van der Waals surface area contributed by atoms with Crippen LogP contribution in [0.4, 0.5) is 0 Å². The van der Waals surface area contributed by atoms with Crippen LogP contribution in [0.2, 0.25) is 0 Å². The minimum absolute atomic E-state index is 0.106. The summed E-state index contributed by atoms with van der Waals surface area (Å²) in [7, 11) is -10.3. The van der Waals surface area contributed by atoms with Crippen molar-refractivity contribution in [1.29, 1.82) is 0 Å². The fraction of sp³-hybridized carbons (Fsp3) is 0.400. The largest absolute Gasteiger partial charge is 0.926 e. The first-order valence-electron chi connectivity index (χ1n) is 15.3. The van der Waals surface area contributed by atoms with Crippen LogP contribution in [0.25, 0.3) is 0 Å². The second-order valence-electron chi connectivity index (χ2n) is 11.0. The molecule has 44 heavy (non-hydrogen) atoms. The van der Waals surface area contributed by atoms with Crippen LogP contribution >= 0.6 is 22.8 Å². The lowest BCUT2D eigenvalue weighted by atomic mass is 10.1. The molecule has 0 N–H and O–H groups in total. The Morgan fingerprint density at radius 3 is 1.23 bits per heavy atom. The lowest BCUT2D eigenvalue weighted by Gasteiger charge is -2.37. The number of rotatable bonds is 19. The Kier molecular flexibility index (Phi) is 13.2. The molecule has 0 saturated carbocycles. The Morgan fingerprint density at radius 1 is 0.523 bits per heavy atom. The first kappa shape index (κ1) is 34.5. The van der Waals surface area contributed by atoms with E-state index in [2.05, 4.69) is 24.3 Å². The van der Waals surface area contributed by atoms with E-state index in [1.807, 2.05) is 66.7 Å². The molecule has 2 heterocycles. The summed E-state index contributed by atoms with van der Waals surface area (Å²) in [5, 5.41) is 0. The van der Waals surface area contributed by atoms with E-state index in [1.54, 1.807) is 0 Å². The summed E-state index contributed by atoms with van der Waals surface area (Å²) in [5.74, 6) is 0. The number of hydrogen-bond donors (Lipinski definition) is 0. The van der Waals surface area contributed by atoms with E-state index in [1.165, 1.54) is 16.7 Å². The quantitative estimate of drug-likeness (QED) is 0.0694. The average molecular weight is 691 g/mol. The van der Waals surface area contributed by atoms with Crippen molar-refractivity contribution in [3.63, 3.8) is 0 Å². The zero-order valence-corrected chi connectivity index (χ0v) is 29.8. The van der Waals surface area contributed by atoms with Crippen LogP contribution in [0.1, 0.15) is 55.2 Å². The predicted molar refractivity (Wildman–Crippen MR) is 174 cm³/mol. The van der Waals surface area contributed by atoms with Crippen molar-refractivity contribution in [1.82, 2.24) is 0 Å². The SMILES string of the molecule is O=P1(CCCCc2ccccc2)[O][Al]([O]P(=O)(CCCCc2ccccc2)[O][Al]2[O]P(=O)(CCCCc3ccccc3)[O]2)[O]1. The summed E-state index contributed by atoms with van der Waals surface area (Å²) >= 11 is -5.83. The maximum absolute atomic E-state index is 13.8. The Bertz CT molecular complexity index is 1350. The highest BCUT2D eigenvalue weighted by molar-refractivity contribution is 7.62. The fourth-order valence-corrected chi connectivity index (χ4v) is 18.5. The third-order valence-electron chi connectivity index (χ3n) is 7.45. The van der Waals surface area contributed by atoms with E-state index in [9.17, 15) is 13.7 Å². The highest BCUT2D eigenvalue weighted by Crippen LogP contribution is 2.65. The van der Waals surface area contributed by atoms with Crippen molar-refractivity contribution in [3.8, 4) is 0 Å². The molecule has 14 heteroatoms. The molecule has 0 unspecified atom stereocenters. The molecule has 3 aromatic rings. The zero-order chi connectivity index (χ0) is 30.7. The minimum atomic E-state index is -3.76. The van der Waals surface area contributed by atoms with Crippen LogP contribution in [-0.2, 0) is 54.4 Å². The maximum atomic E-state index is 13.8. The number of aryl methyl sites for hydroxylation is 3.